The maximum Gasteiger partial charge on any atom is 0.271 e. The Balaban J connectivity index is 1.42. The molecule has 0 radical (unpaired) electrons. The van der Waals surface area contributed by atoms with Gasteiger partial charge >= 0.3 is 0 Å². The van der Waals surface area contributed by atoms with E-state index in [1.54, 1.807) is 17.1 Å². The summed E-state index contributed by atoms with van der Waals surface area (Å²) in [5.41, 5.74) is 0.979. The maximum absolute atomic E-state index is 12.7. The average molecular weight is 418 g/mol. The number of nitrogens with zero attached hydrogens (tertiary/aromatic N) is 4. The lowest BCUT2D eigenvalue weighted by molar-refractivity contribution is -0.205. The van der Waals surface area contributed by atoms with Gasteiger partial charge < -0.3 is 24.3 Å². The summed E-state index contributed by atoms with van der Waals surface area (Å²) in [6.45, 7) is 8.67. The van der Waals surface area contributed by atoms with Gasteiger partial charge in [0, 0.05) is 45.0 Å². The summed E-state index contributed by atoms with van der Waals surface area (Å²) < 4.78 is 13.2. The van der Waals surface area contributed by atoms with Crippen LogP contribution in [0.1, 0.15) is 53.7 Å². The number of carbonyl (C=O) groups is 1. The Labute approximate surface area is 176 Å². The van der Waals surface area contributed by atoms with Crippen LogP contribution in [0.25, 0.3) is 0 Å². The van der Waals surface area contributed by atoms with Crippen LogP contribution in [-0.2, 0) is 18.3 Å². The Morgan fingerprint density at radius 3 is 2.67 bits per heavy atom. The van der Waals surface area contributed by atoms with Gasteiger partial charge in [0.25, 0.3) is 5.91 Å². The van der Waals surface area contributed by atoms with Crippen molar-refractivity contribution in [2.45, 2.75) is 63.8 Å². The molecule has 0 saturated carbocycles. The SMILES string of the molecule is Cc1noc(C)c1CN1CCC2(CC1)OCC[C@@](C)(NC(=O)c1cn(C)cn1)[C@@H]2O. The van der Waals surface area contributed by atoms with Crippen LogP contribution in [0.3, 0.4) is 0 Å². The van der Waals surface area contributed by atoms with Crippen molar-refractivity contribution < 1.29 is 19.2 Å². The van der Waals surface area contributed by atoms with E-state index in [0.717, 1.165) is 36.7 Å². The number of aliphatic hydroxyl groups excluding tert-OH is 1. The number of aliphatic hydroxyl groups is 1. The number of amides is 1. The van der Waals surface area contributed by atoms with E-state index >= 15 is 0 Å². The number of hydrogen-bond donors (Lipinski definition) is 2. The van der Waals surface area contributed by atoms with Crippen molar-refractivity contribution in [2.24, 2.45) is 7.05 Å². The Hall–Kier alpha value is -2.23. The molecule has 4 rings (SSSR count). The summed E-state index contributed by atoms with van der Waals surface area (Å²) in [5, 5.41) is 18.4. The fourth-order valence-electron chi connectivity index (χ4n) is 4.71. The molecule has 2 aromatic heterocycles. The van der Waals surface area contributed by atoms with Crippen LogP contribution in [0, 0.1) is 13.8 Å². The summed E-state index contributed by atoms with van der Waals surface area (Å²) in [6.07, 6.45) is 4.42. The zero-order chi connectivity index (χ0) is 21.5. The largest absolute Gasteiger partial charge is 0.388 e. The number of ether oxygens (including phenoxy) is 1. The number of rotatable bonds is 4. The molecule has 164 valence electrons. The third kappa shape index (κ3) is 3.77. The molecule has 2 aromatic rings. The van der Waals surface area contributed by atoms with Crippen LogP contribution in [0.4, 0.5) is 0 Å². The molecule has 0 bridgehead atoms. The molecule has 0 aromatic carbocycles. The molecule has 0 unspecified atom stereocenters. The van der Waals surface area contributed by atoms with Crippen LogP contribution in [0.2, 0.25) is 0 Å². The zero-order valence-electron chi connectivity index (χ0n) is 18.1. The molecule has 0 aliphatic carbocycles. The van der Waals surface area contributed by atoms with E-state index in [2.05, 4.69) is 20.4 Å². The number of imidazole rings is 1. The van der Waals surface area contributed by atoms with E-state index in [4.69, 9.17) is 9.26 Å². The fraction of sp³-hybridized carbons (Fsp3) is 0.667. The Bertz CT molecular complexity index is 895. The van der Waals surface area contributed by atoms with Gasteiger partial charge in [-0.2, -0.15) is 0 Å². The van der Waals surface area contributed by atoms with Crippen molar-refractivity contribution in [1.82, 2.24) is 24.9 Å². The molecule has 2 saturated heterocycles. The molecule has 9 nitrogen and oxygen atoms in total. The van der Waals surface area contributed by atoms with Crippen LogP contribution >= 0.6 is 0 Å². The number of carbonyl (C=O) groups excluding carboxylic acids is 1. The molecule has 2 aliphatic heterocycles. The van der Waals surface area contributed by atoms with E-state index in [1.807, 2.05) is 27.8 Å². The maximum atomic E-state index is 12.7. The third-order valence-corrected chi connectivity index (χ3v) is 6.71. The molecule has 30 heavy (non-hydrogen) atoms. The molecular formula is C21H31N5O4. The topological polar surface area (TPSA) is 106 Å². The van der Waals surface area contributed by atoms with Crippen molar-refractivity contribution >= 4 is 5.91 Å². The van der Waals surface area contributed by atoms with E-state index in [9.17, 15) is 9.90 Å². The van der Waals surface area contributed by atoms with Crippen molar-refractivity contribution in [2.75, 3.05) is 19.7 Å². The quantitative estimate of drug-likeness (QED) is 0.773. The van der Waals surface area contributed by atoms with Gasteiger partial charge in [-0.3, -0.25) is 9.69 Å². The van der Waals surface area contributed by atoms with Crippen LogP contribution < -0.4 is 5.32 Å². The second-order valence-electron chi connectivity index (χ2n) is 8.94. The lowest BCUT2D eigenvalue weighted by Crippen LogP contribution is -2.69. The second kappa shape index (κ2) is 7.79. The summed E-state index contributed by atoms with van der Waals surface area (Å²) >= 11 is 0. The lowest BCUT2D eigenvalue weighted by atomic mass is 9.73. The first-order valence-corrected chi connectivity index (χ1v) is 10.5. The van der Waals surface area contributed by atoms with E-state index in [-0.39, 0.29) is 5.91 Å². The minimum atomic E-state index is -0.798. The molecule has 9 heteroatoms. The highest BCUT2D eigenvalue weighted by molar-refractivity contribution is 5.92. The van der Waals surface area contributed by atoms with Gasteiger partial charge in [-0.05, 0) is 40.0 Å². The first-order chi connectivity index (χ1) is 14.2. The first-order valence-electron chi connectivity index (χ1n) is 10.5. The molecular weight excluding hydrogens is 386 g/mol. The van der Waals surface area contributed by atoms with Crippen molar-refractivity contribution in [3.05, 3.63) is 35.2 Å². The number of aromatic nitrogens is 3. The molecule has 2 atom stereocenters. The van der Waals surface area contributed by atoms with Crippen molar-refractivity contribution in [3.8, 4) is 0 Å². The molecule has 1 spiro atoms. The molecule has 1 amide bonds. The van der Waals surface area contributed by atoms with E-state index in [1.165, 1.54) is 0 Å². The predicted octanol–water partition coefficient (Wildman–Crippen LogP) is 1.33. The fourth-order valence-corrected chi connectivity index (χ4v) is 4.71. The van der Waals surface area contributed by atoms with Gasteiger partial charge in [0.1, 0.15) is 17.6 Å². The number of likely N-dealkylation sites (tertiary alicyclic amines) is 1. The Kier molecular flexibility index (Phi) is 5.46. The zero-order valence-corrected chi connectivity index (χ0v) is 18.1. The highest BCUT2D eigenvalue weighted by Crippen LogP contribution is 2.40. The number of piperidine rings is 1. The second-order valence-corrected chi connectivity index (χ2v) is 8.94. The van der Waals surface area contributed by atoms with Crippen LogP contribution in [0.15, 0.2) is 17.0 Å². The van der Waals surface area contributed by atoms with Gasteiger partial charge in [-0.25, -0.2) is 4.98 Å². The molecule has 2 N–H and O–H groups in total. The number of hydrogen-bond acceptors (Lipinski definition) is 7. The Morgan fingerprint density at radius 1 is 1.33 bits per heavy atom. The standard InChI is InChI=1S/C21H31N5O4/c1-14-16(15(2)30-24-14)11-26-8-5-21(6-9-26)19(28)20(3,7-10-29-21)23-18(27)17-12-25(4)13-22-17/h12-13,19,28H,5-11H2,1-4H3,(H,23,27)/t19-,20+/m0/s1. The first kappa shape index (κ1) is 21.0. The van der Waals surface area contributed by atoms with Crippen molar-refractivity contribution in [3.63, 3.8) is 0 Å². The number of nitrogens with one attached hydrogen (secondary N) is 1. The molecule has 4 heterocycles. The summed E-state index contributed by atoms with van der Waals surface area (Å²) in [6, 6.07) is 0. The van der Waals surface area contributed by atoms with E-state index in [0.29, 0.717) is 31.6 Å². The molecule has 2 fully saturated rings. The Morgan fingerprint density at radius 2 is 2.07 bits per heavy atom. The summed E-state index contributed by atoms with van der Waals surface area (Å²) in [5.74, 6) is 0.580. The van der Waals surface area contributed by atoms with E-state index < -0.39 is 17.2 Å². The third-order valence-electron chi connectivity index (χ3n) is 6.71. The highest BCUT2D eigenvalue weighted by Gasteiger charge is 2.53. The van der Waals surface area contributed by atoms with Crippen LogP contribution in [-0.4, -0.2) is 67.6 Å². The van der Waals surface area contributed by atoms with Gasteiger partial charge in [-0.1, -0.05) is 5.16 Å². The average Bonchev–Trinajstić information content (AvgIpc) is 3.28. The monoisotopic (exact) mass is 417 g/mol. The predicted molar refractivity (Wildman–Crippen MR) is 109 cm³/mol. The minimum absolute atomic E-state index is 0.273. The van der Waals surface area contributed by atoms with Gasteiger partial charge in [-0.15, -0.1) is 0 Å². The van der Waals surface area contributed by atoms with Gasteiger partial charge in [0.05, 0.1) is 23.2 Å². The lowest BCUT2D eigenvalue weighted by Gasteiger charge is -2.53. The smallest absolute Gasteiger partial charge is 0.271 e. The van der Waals surface area contributed by atoms with Crippen molar-refractivity contribution in [1.29, 1.82) is 0 Å². The van der Waals surface area contributed by atoms with Gasteiger partial charge in [0.15, 0.2) is 0 Å². The van der Waals surface area contributed by atoms with Gasteiger partial charge in [0.2, 0.25) is 0 Å². The summed E-state index contributed by atoms with van der Waals surface area (Å²) in [4.78, 5) is 19.1. The highest BCUT2D eigenvalue weighted by atomic mass is 16.5. The summed E-state index contributed by atoms with van der Waals surface area (Å²) in [7, 11) is 1.82. The number of aryl methyl sites for hydroxylation is 3. The minimum Gasteiger partial charge on any atom is -0.388 e. The molecule has 2 aliphatic rings. The van der Waals surface area contributed by atoms with Crippen LogP contribution in [0.5, 0.6) is 0 Å². The normalized spacial score (nSPS) is 26.8.